The van der Waals surface area contributed by atoms with Gasteiger partial charge in [-0.1, -0.05) is 12.1 Å². The standard InChI is InChI=1S/C16H21N5O2S/c1-11-19-15(10-16(20-11)21-13-4-5-13)18-9-8-12-2-6-14(7-3-12)24(17,22)23/h2-3,6-7,10,13H,4-5,8-9H2,1H3,(H2,17,22,23)(H2,18,19,20,21). The highest BCUT2D eigenvalue weighted by atomic mass is 32.2. The number of aryl methyl sites for hydroxylation is 1. The molecular formula is C16H21N5O2S. The minimum absolute atomic E-state index is 0.126. The van der Waals surface area contributed by atoms with Gasteiger partial charge in [0.05, 0.1) is 4.90 Å². The highest BCUT2D eigenvalue weighted by Gasteiger charge is 2.21. The van der Waals surface area contributed by atoms with E-state index < -0.39 is 10.0 Å². The van der Waals surface area contributed by atoms with E-state index in [2.05, 4.69) is 20.6 Å². The average molecular weight is 347 g/mol. The van der Waals surface area contributed by atoms with Crippen molar-refractivity contribution < 1.29 is 8.42 Å². The van der Waals surface area contributed by atoms with E-state index in [0.717, 1.165) is 29.4 Å². The van der Waals surface area contributed by atoms with E-state index >= 15 is 0 Å². The van der Waals surface area contributed by atoms with Crippen LogP contribution in [0.1, 0.15) is 24.2 Å². The Morgan fingerprint density at radius 3 is 2.46 bits per heavy atom. The molecule has 1 fully saturated rings. The maximum atomic E-state index is 11.2. The van der Waals surface area contributed by atoms with Crippen LogP contribution in [-0.4, -0.2) is 31.0 Å². The molecule has 0 spiro atoms. The second-order valence-corrected chi connectivity index (χ2v) is 7.53. The van der Waals surface area contributed by atoms with Crippen molar-refractivity contribution in [1.82, 2.24) is 9.97 Å². The smallest absolute Gasteiger partial charge is 0.238 e. The minimum Gasteiger partial charge on any atom is -0.370 e. The summed E-state index contributed by atoms with van der Waals surface area (Å²) in [6.45, 7) is 2.56. The van der Waals surface area contributed by atoms with Crippen molar-refractivity contribution in [3.8, 4) is 0 Å². The van der Waals surface area contributed by atoms with Crippen LogP contribution in [0.15, 0.2) is 35.2 Å². The fourth-order valence-electron chi connectivity index (χ4n) is 2.35. The van der Waals surface area contributed by atoms with Gasteiger partial charge in [0.2, 0.25) is 10.0 Å². The summed E-state index contributed by atoms with van der Waals surface area (Å²) < 4.78 is 22.5. The first-order valence-corrected chi connectivity index (χ1v) is 9.42. The van der Waals surface area contributed by atoms with Crippen LogP contribution in [0.4, 0.5) is 11.6 Å². The van der Waals surface area contributed by atoms with Gasteiger partial charge in [-0.15, -0.1) is 0 Å². The first kappa shape index (κ1) is 16.7. The van der Waals surface area contributed by atoms with E-state index in [1.807, 2.05) is 13.0 Å². The molecule has 0 unspecified atom stereocenters. The number of benzene rings is 1. The first-order chi connectivity index (χ1) is 11.4. The molecule has 7 nitrogen and oxygen atoms in total. The van der Waals surface area contributed by atoms with E-state index in [9.17, 15) is 8.42 Å². The number of aromatic nitrogens is 2. The Balaban J connectivity index is 1.57. The third kappa shape index (κ3) is 4.65. The molecule has 1 aromatic heterocycles. The van der Waals surface area contributed by atoms with Gasteiger partial charge >= 0.3 is 0 Å². The molecule has 2 aromatic rings. The Morgan fingerprint density at radius 1 is 1.17 bits per heavy atom. The lowest BCUT2D eigenvalue weighted by Crippen LogP contribution is -2.12. The number of hydrogen-bond acceptors (Lipinski definition) is 6. The van der Waals surface area contributed by atoms with E-state index in [0.29, 0.717) is 12.6 Å². The third-order valence-corrected chi connectivity index (χ3v) is 4.67. The number of hydrogen-bond donors (Lipinski definition) is 3. The molecule has 1 saturated carbocycles. The van der Waals surface area contributed by atoms with Crippen molar-refractivity contribution in [3.63, 3.8) is 0 Å². The fraction of sp³-hybridized carbons (Fsp3) is 0.375. The van der Waals surface area contributed by atoms with Crippen LogP contribution in [0.25, 0.3) is 0 Å². The zero-order valence-corrected chi connectivity index (χ0v) is 14.3. The van der Waals surface area contributed by atoms with Gasteiger partial charge in [0.1, 0.15) is 17.5 Å². The lowest BCUT2D eigenvalue weighted by Gasteiger charge is -2.10. The number of anilines is 2. The SMILES string of the molecule is Cc1nc(NCCc2ccc(S(N)(=O)=O)cc2)cc(NC2CC2)n1. The summed E-state index contributed by atoms with van der Waals surface area (Å²) in [4.78, 5) is 8.89. The molecule has 4 N–H and O–H groups in total. The molecule has 0 amide bonds. The molecule has 0 bridgehead atoms. The third-order valence-electron chi connectivity index (χ3n) is 3.74. The summed E-state index contributed by atoms with van der Waals surface area (Å²) in [7, 11) is -3.64. The van der Waals surface area contributed by atoms with Gasteiger partial charge in [0.25, 0.3) is 0 Å². The summed E-state index contributed by atoms with van der Waals surface area (Å²) in [5.41, 5.74) is 1.03. The van der Waals surface area contributed by atoms with E-state index in [-0.39, 0.29) is 4.90 Å². The highest BCUT2D eigenvalue weighted by Crippen LogP contribution is 2.24. The molecular weight excluding hydrogens is 326 g/mol. The number of sulfonamides is 1. The zero-order valence-electron chi connectivity index (χ0n) is 13.5. The minimum atomic E-state index is -3.64. The van der Waals surface area contributed by atoms with Crippen molar-refractivity contribution in [3.05, 3.63) is 41.7 Å². The van der Waals surface area contributed by atoms with Gasteiger partial charge in [-0.3, -0.25) is 0 Å². The van der Waals surface area contributed by atoms with Crippen molar-refractivity contribution in [2.45, 2.75) is 37.1 Å². The maximum Gasteiger partial charge on any atom is 0.238 e. The predicted octanol–water partition coefficient (Wildman–Crippen LogP) is 1.66. The molecule has 0 atom stereocenters. The summed E-state index contributed by atoms with van der Waals surface area (Å²) >= 11 is 0. The molecule has 3 rings (SSSR count). The lowest BCUT2D eigenvalue weighted by atomic mass is 10.1. The van der Waals surface area contributed by atoms with E-state index in [1.165, 1.54) is 25.0 Å². The molecule has 0 saturated heterocycles. The Labute approximate surface area is 141 Å². The maximum absolute atomic E-state index is 11.2. The second-order valence-electron chi connectivity index (χ2n) is 5.97. The molecule has 1 aromatic carbocycles. The molecule has 0 aliphatic heterocycles. The molecule has 128 valence electrons. The van der Waals surface area contributed by atoms with E-state index in [4.69, 9.17) is 5.14 Å². The normalized spacial score (nSPS) is 14.4. The van der Waals surface area contributed by atoms with Crippen LogP contribution in [-0.2, 0) is 16.4 Å². The number of primary sulfonamides is 1. The first-order valence-electron chi connectivity index (χ1n) is 7.88. The fourth-order valence-corrected chi connectivity index (χ4v) is 2.87. The van der Waals surface area contributed by atoms with Crippen LogP contribution < -0.4 is 15.8 Å². The van der Waals surface area contributed by atoms with Gasteiger partial charge in [0.15, 0.2) is 0 Å². The second kappa shape index (κ2) is 6.74. The van der Waals surface area contributed by atoms with Gasteiger partial charge in [-0.25, -0.2) is 23.5 Å². The highest BCUT2D eigenvalue weighted by molar-refractivity contribution is 7.89. The van der Waals surface area contributed by atoms with E-state index in [1.54, 1.807) is 12.1 Å². The van der Waals surface area contributed by atoms with Crippen molar-refractivity contribution in [2.24, 2.45) is 5.14 Å². The van der Waals surface area contributed by atoms with Crippen molar-refractivity contribution in [2.75, 3.05) is 17.2 Å². The van der Waals surface area contributed by atoms with Gasteiger partial charge < -0.3 is 10.6 Å². The summed E-state index contributed by atoms with van der Waals surface area (Å²) in [5, 5.41) is 11.7. The molecule has 24 heavy (non-hydrogen) atoms. The molecule has 8 heteroatoms. The number of nitrogens with one attached hydrogen (secondary N) is 2. The van der Waals surface area contributed by atoms with Crippen molar-refractivity contribution >= 4 is 21.7 Å². The Bertz CT molecular complexity index is 817. The zero-order chi connectivity index (χ0) is 17.2. The largest absolute Gasteiger partial charge is 0.370 e. The number of nitrogens with zero attached hydrogens (tertiary/aromatic N) is 2. The van der Waals surface area contributed by atoms with Crippen LogP contribution >= 0.6 is 0 Å². The average Bonchev–Trinajstić information content (AvgIpc) is 3.30. The molecule has 1 heterocycles. The van der Waals surface area contributed by atoms with Gasteiger partial charge in [-0.05, 0) is 43.9 Å². The van der Waals surface area contributed by atoms with Crippen LogP contribution in [0.2, 0.25) is 0 Å². The molecule has 1 aliphatic rings. The van der Waals surface area contributed by atoms with Gasteiger partial charge in [0, 0.05) is 18.7 Å². The summed E-state index contributed by atoms with van der Waals surface area (Å²) in [6.07, 6.45) is 3.14. The topological polar surface area (TPSA) is 110 Å². The predicted molar refractivity (Wildman–Crippen MR) is 93.4 cm³/mol. The molecule has 0 radical (unpaired) electrons. The van der Waals surface area contributed by atoms with Crippen LogP contribution in [0, 0.1) is 6.92 Å². The number of rotatable bonds is 7. The van der Waals surface area contributed by atoms with Crippen molar-refractivity contribution in [1.29, 1.82) is 0 Å². The summed E-state index contributed by atoms with van der Waals surface area (Å²) in [6, 6.07) is 9.05. The monoisotopic (exact) mass is 347 g/mol. The quantitative estimate of drug-likeness (QED) is 0.703. The van der Waals surface area contributed by atoms with Crippen LogP contribution in [0.3, 0.4) is 0 Å². The summed E-state index contributed by atoms with van der Waals surface area (Å²) in [5.74, 6) is 2.36. The van der Waals surface area contributed by atoms with Gasteiger partial charge in [-0.2, -0.15) is 0 Å². The Morgan fingerprint density at radius 2 is 1.83 bits per heavy atom. The molecule has 1 aliphatic carbocycles. The number of nitrogens with two attached hydrogens (primary N) is 1. The Hall–Kier alpha value is -2.19. The Kier molecular flexibility index (Phi) is 4.68. The van der Waals surface area contributed by atoms with Crippen LogP contribution in [0.5, 0.6) is 0 Å². The lowest BCUT2D eigenvalue weighted by molar-refractivity contribution is 0.598.